The van der Waals surface area contributed by atoms with Crippen LogP contribution in [0.3, 0.4) is 0 Å². The van der Waals surface area contributed by atoms with Crippen LogP contribution in [0.15, 0.2) is 54.6 Å². The second-order valence-electron chi connectivity index (χ2n) is 5.91. The quantitative estimate of drug-likeness (QED) is 0.518. The van der Waals surface area contributed by atoms with Crippen molar-refractivity contribution >= 4 is 11.3 Å². The lowest BCUT2D eigenvalue weighted by Gasteiger charge is -2.03. The van der Waals surface area contributed by atoms with Crippen LogP contribution in [0.1, 0.15) is 0 Å². The lowest BCUT2D eigenvalue weighted by atomic mass is 10.1. The number of rotatable bonds is 5. The number of ether oxygens (including phenoxy) is 2. The van der Waals surface area contributed by atoms with Crippen molar-refractivity contribution in [1.29, 1.82) is 0 Å². The van der Waals surface area contributed by atoms with Crippen molar-refractivity contribution in [3.05, 3.63) is 54.6 Å². The Balaban J connectivity index is 1.83. The molecular weight excluding hydrogens is 360 g/mol. The molecule has 0 aliphatic rings. The van der Waals surface area contributed by atoms with Crippen LogP contribution in [0.5, 0.6) is 11.5 Å². The molecule has 6 nitrogen and oxygen atoms in total. The van der Waals surface area contributed by atoms with Gasteiger partial charge in [-0.1, -0.05) is 0 Å². The minimum Gasteiger partial charge on any atom is -0.497 e. The van der Waals surface area contributed by atoms with E-state index in [-0.39, 0.29) is 0 Å². The third kappa shape index (κ3) is 3.41. The zero-order chi connectivity index (χ0) is 18.8. The van der Waals surface area contributed by atoms with Crippen molar-refractivity contribution in [2.45, 2.75) is 0 Å². The van der Waals surface area contributed by atoms with Crippen molar-refractivity contribution in [1.82, 2.24) is 20.2 Å². The monoisotopic (exact) mass is 378 g/mol. The van der Waals surface area contributed by atoms with Gasteiger partial charge in [0.05, 0.1) is 21.3 Å². The van der Waals surface area contributed by atoms with E-state index in [0.717, 1.165) is 37.9 Å². The zero-order valence-electron chi connectivity index (χ0n) is 15.2. The highest BCUT2D eigenvalue weighted by molar-refractivity contribution is 7.19. The number of hydrogen-bond acceptors (Lipinski definition) is 6. The first-order valence-corrected chi connectivity index (χ1v) is 9.16. The van der Waals surface area contributed by atoms with Crippen LogP contribution in [-0.4, -0.2) is 34.4 Å². The predicted octanol–water partition coefficient (Wildman–Crippen LogP) is 4.29. The van der Waals surface area contributed by atoms with Gasteiger partial charge in [0.25, 0.3) is 0 Å². The SMILES string of the molecule is COc1ccc(-c2cc(-c3nnn(C)n3)c(-c3ccc(OC)cc3)s2)cc1. The van der Waals surface area contributed by atoms with Gasteiger partial charge in [0.15, 0.2) is 0 Å². The number of hydrogen-bond donors (Lipinski definition) is 0. The summed E-state index contributed by atoms with van der Waals surface area (Å²) in [6.45, 7) is 0. The molecule has 0 amide bonds. The molecule has 0 saturated carbocycles. The highest BCUT2D eigenvalue weighted by Crippen LogP contribution is 2.42. The Hall–Kier alpha value is -3.19. The molecule has 27 heavy (non-hydrogen) atoms. The fraction of sp³-hybridized carbons (Fsp3) is 0.150. The van der Waals surface area contributed by atoms with Gasteiger partial charge in [0.2, 0.25) is 5.82 Å². The average Bonchev–Trinajstić information content (AvgIpc) is 3.34. The standard InChI is InChI=1S/C20H18N4O2S/c1-24-22-20(21-23-24)17-12-18(13-4-8-15(25-2)9-5-13)27-19(17)14-6-10-16(26-3)11-7-14/h4-12H,1-3H3. The molecule has 0 bridgehead atoms. The van der Waals surface area contributed by atoms with Gasteiger partial charge < -0.3 is 9.47 Å². The number of thiophene rings is 1. The maximum Gasteiger partial charge on any atom is 0.206 e. The van der Waals surface area contributed by atoms with Crippen LogP contribution in [-0.2, 0) is 7.05 Å². The number of aromatic nitrogens is 4. The van der Waals surface area contributed by atoms with Gasteiger partial charge in [-0.2, -0.15) is 4.80 Å². The highest BCUT2D eigenvalue weighted by Gasteiger charge is 2.18. The Kier molecular flexibility index (Phi) is 4.60. The maximum absolute atomic E-state index is 5.27. The number of methoxy groups -OCH3 is 2. The largest absolute Gasteiger partial charge is 0.497 e. The Morgan fingerprint density at radius 2 is 1.44 bits per heavy atom. The van der Waals surface area contributed by atoms with E-state index < -0.39 is 0 Å². The van der Waals surface area contributed by atoms with Crippen molar-refractivity contribution < 1.29 is 9.47 Å². The third-order valence-electron chi connectivity index (χ3n) is 4.21. The molecule has 0 aliphatic carbocycles. The average molecular weight is 378 g/mol. The molecule has 0 N–H and O–H groups in total. The summed E-state index contributed by atoms with van der Waals surface area (Å²) < 4.78 is 10.5. The third-order valence-corrected chi connectivity index (χ3v) is 5.44. The minimum atomic E-state index is 0.610. The molecule has 0 fully saturated rings. The van der Waals surface area contributed by atoms with Crippen LogP contribution in [0.2, 0.25) is 0 Å². The van der Waals surface area contributed by atoms with E-state index in [1.54, 1.807) is 32.6 Å². The lowest BCUT2D eigenvalue weighted by molar-refractivity contribution is 0.415. The topological polar surface area (TPSA) is 62.1 Å². The Bertz CT molecular complexity index is 1050. The van der Waals surface area contributed by atoms with E-state index >= 15 is 0 Å². The molecule has 2 aromatic carbocycles. The summed E-state index contributed by atoms with van der Waals surface area (Å²) >= 11 is 1.70. The van der Waals surface area contributed by atoms with E-state index in [9.17, 15) is 0 Å². The molecule has 2 aromatic heterocycles. The van der Waals surface area contributed by atoms with Crippen molar-refractivity contribution in [3.63, 3.8) is 0 Å². The van der Waals surface area contributed by atoms with Gasteiger partial charge in [0.1, 0.15) is 11.5 Å². The zero-order valence-corrected chi connectivity index (χ0v) is 16.0. The van der Waals surface area contributed by atoms with E-state index in [0.29, 0.717) is 5.82 Å². The predicted molar refractivity (Wildman–Crippen MR) is 106 cm³/mol. The fourth-order valence-corrected chi connectivity index (χ4v) is 3.97. The molecule has 0 spiro atoms. The Morgan fingerprint density at radius 1 is 0.852 bits per heavy atom. The van der Waals surface area contributed by atoms with E-state index in [1.165, 1.54) is 4.80 Å². The Morgan fingerprint density at radius 3 is 1.96 bits per heavy atom. The minimum absolute atomic E-state index is 0.610. The summed E-state index contributed by atoms with van der Waals surface area (Å²) in [6.07, 6.45) is 0. The molecule has 0 saturated heterocycles. The summed E-state index contributed by atoms with van der Waals surface area (Å²) in [6, 6.07) is 18.1. The summed E-state index contributed by atoms with van der Waals surface area (Å²) in [7, 11) is 5.09. The second kappa shape index (κ2) is 7.20. The Labute approximate surface area is 161 Å². The molecule has 0 aliphatic heterocycles. The van der Waals surface area contributed by atoms with Gasteiger partial charge >= 0.3 is 0 Å². The van der Waals surface area contributed by atoms with Gasteiger partial charge in [-0.3, -0.25) is 0 Å². The van der Waals surface area contributed by atoms with Gasteiger partial charge in [-0.15, -0.1) is 21.5 Å². The van der Waals surface area contributed by atoms with Crippen LogP contribution in [0.4, 0.5) is 0 Å². The molecule has 4 rings (SSSR count). The number of tetrazole rings is 1. The fourth-order valence-electron chi connectivity index (χ4n) is 2.80. The van der Waals surface area contributed by atoms with E-state index in [4.69, 9.17) is 9.47 Å². The van der Waals surface area contributed by atoms with Crippen LogP contribution >= 0.6 is 11.3 Å². The molecule has 4 aromatic rings. The van der Waals surface area contributed by atoms with E-state index in [2.05, 4.69) is 33.6 Å². The molecule has 2 heterocycles. The number of nitrogens with zero attached hydrogens (tertiary/aromatic N) is 4. The van der Waals surface area contributed by atoms with Crippen molar-refractivity contribution in [2.75, 3.05) is 14.2 Å². The summed E-state index contributed by atoms with van der Waals surface area (Å²) in [5, 5.41) is 12.6. The van der Waals surface area contributed by atoms with Crippen LogP contribution in [0.25, 0.3) is 32.3 Å². The van der Waals surface area contributed by atoms with Crippen molar-refractivity contribution in [3.8, 4) is 43.8 Å². The highest BCUT2D eigenvalue weighted by atomic mass is 32.1. The normalized spacial score (nSPS) is 10.8. The first-order valence-electron chi connectivity index (χ1n) is 8.35. The smallest absolute Gasteiger partial charge is 0.206 e. The van der Waals surface area contributed by atoms with Crippen molar-refractivity contribution in [2.24, 2.45) is 7.05 Å². The molecular formula is C20H18N4O2S. The van der Waals surface area contributed by atoms with Gasteiger partial charge in [-0.25, -0.2) is 0 Å². The van der Waals surface area contributed by atoms with E-state index in [1.807, 2.05) is 36.4 Å². The maximum atomic E-state index is 5.27. The molecule has 0 radical (unpaired) electrons. The summed E-state index contributed by atoms with van der Waals surface area (Å²) in [5.74, 6) is 2.27. The van der Waals surface area contributed by atoms with Gasteiger partial charge in [0, 0.05) is 15.3 Å². The van der Waals surface area contributed by atoms with Crippen LogP contribution in [0, 0.1) is 0 Å². The second-order valence-corrected chi connectivity index (χ2v) is 6.97. The molecule has 0 atom stereocenters. The van der Waals surface area contributed by atoms with Crippen LogP contribution < -0.4 is 9.47 Å². The first-order chi connectivity index (χ1) is 13.2. The lowest BCUT2D eigenvalue weighted by Crippen LogP contribution is -1.91. The molecule has 7 heteroatoms. The molecule has 0 unspecified atom stereocenters. The number of aryl methyl sites for hydroxylation is 1. The number of benzene rings is 2. The summed E-state index contributed by atoms with van der Waals surface area (Å²) in [5.41, 5.74) is 3.16. The first kappa shape index (κ1) is 17.2. The summed E-state index contributed by atoms with van der Waals surface area (Å²) in [4.78, 5) is 3.69. The molecule has 136 valence electrons. The van der Waals surface area contributed by atoms with Gasteiger partial charge in [-0.05, 0) is 70.9 Å².